The van der Waals surface area contributed by atoms with E-state index in [-0.39, 0.29) is 0 Å². The van der Waals surface area contributed by atoms with Crippen LogP contribution >= 0.6 is 0 Å². The maximum absolute atomic E-state index is 2.46. The van der Waals surface area contributed by atoms with E-state index >= 15 is 0 Å². The Labute approximate surface area is 97.8 Å². The van der Waals surface area contributed by atoms with Crippen molar-refractivity contribution in [3.63, 3.8) is 0 Å². The van der Waals surface area contributed by atoms with Crippen molar-refractivity contribution in [1.29, 1.82) is 0 Å². The van der Waals surface area contributed by atoms with Crippen LogP contribution in [0.3, 0.4) is 0 Å². The van der Waals surface area contributed by atoms with E-state index in [4.69, 9.17) is 0 Å². The van der Waals surface area contributed by atoms with Crippen molar-refractivity contribution in [2.24, 2.45) is 29.6 Å². The first kappa shape index (κ1) is 15.0. The topological polar surface area (TPSA) is 0 Å². The molecular weight excluding hydrogens is 180 g/mol. The van der Waals surface area contributed by atoms with Gasteiger partial charge >= 0.3 is 0 Å². The van der Waals surface area contributed by atoms with Crippen molar-refractivity contribution in [3.05, 3.63) is 0 Å². The molecule has 0 amide bonds. The van der Waals surface area contributed by atoms with E-state index in [2.05, 4.69) is 48.5 Å². The molecule has 3 atom stereocenters. The summed E-state index contributed by atoms with van der Waals surface area (Å²) in [4.78, 5) is 0. The molecule has 0 aromatic heterocycles. The molecule has 0 saturated heterocycles. The summed E-state index contributed by atoms with van der Waals surface area (Å²) < 4.78 is 0. The lowest BCUT2D eigenvalue weighted by molar-refractivity contribution is 0.197. The maximum Gasteiger partial charge on any atom is -0.0363 e. The van der Waals surface area contributed by atoms with E-state index in [0.717, 1.165) is 29.6 Å². The van der Waals surface area contributed by atoms with Gasteiger partial charge in [-0.15, -0.1) is 0 Å². The minimum atomic E-state index is 0.839. The van der Waals surface area contributed by atoms with E-state index in [1.165, 1.54) is 19.3 Å². The number of rotatable bonds is 7. The Bertz CT molecular complexity index is 146. The monoisotopic (exact) mass is 212 g/mol. The summed E-state index contributed by atoms with van der Waals surface area (Å²) in [7, 11) is 0. The Hall–Kier alpha value is 0. The molecule has 0 aliphatic heterocycles. The fourth-order valence-corrected chi connectivity index (χ4v) is 2.68. The van der Waals surface area contributed by atoms with Gasteiger partial charge in [-0.05, 0) is 42.4 Å². The van der Waals surface area contributed by atoms with Gasteiger partial charge in [-0.3, -0.25) is 0 Å². The van der Waals surface area contributed by atoms with E-state index in [9.17, 15) is 0 Å². The van der Waals surface area contributed by atoms with Gasteiger partial charge in [0, 0.05) is 0 Å². The van der Waals surface area contributed by atoms with Crippen LogP contribution in [0, 0.1) is 29.6 Å². The fourth-order valence-electron chi connectivity index (χ4n) is 2.68. The molecule has 0 saturated carbocycles. The third kappa shape index (κ3) is 6.22. The molecule has 0 rings (SSSR count). The van der Waals surface area contributed by atoms with Crippen LogP contribution in [0.1, 0.15) is 67.7 Å². The lowest BCUT2D eigenvalue weighted by Crippen LogP contribution is -2.21. The summed E-state index contributed by atoms with van der Waals surface area (Å²) in [6.45, 7) is 16.6. The van der Waals surface area contributed by atoms with Crippen LogP contribution in [0.15, 0.2) is 0 Å². The predicted octanol–water partition coefficient (Wildman–Crippen LogP) is 5.38. The zero-order valence-corrected chi connectivity index (χ0v) is 12.0. The predicted molar refractivity (Wildman–Crippen MR) is 71.0 cm³/mol. The molecule has 0 aromatic rings. The first-order valence-electron chi connectivity index (χ1n) is 6.88. The Kier molecular flexibility index (Phi) is 7.30. The van der Waals surface area contributed by atoms with Crippen LogP contribution in [-0.4, -0.2) is 0 Å². The SMILES string of the molecule is CCC(C)CC(C)C(CC(C)C)C(C)C. The van der Waals surface area contributed by atoms with Gasteiger partial charge < -0.3 is 0 Å². The van der Waals surface area contributed by atoms with Crippen LogP contribution in [0.4, 0.5) is 0 Å². The molecule has 0 heterocycles. The van der Waals surface area contributed by atoms with Crippen molar-refractivity contribution in [1.82, 2.24) is 0 Å². The average Bonchev–Trinajstić information content (AvgIpc) is 2.12. The summed E-state index contributed by atoms with van der Waals surface area (Å²) in [6, 6.07) is 0. The minimum absolute atomic E-state index is 0.839. The summed E-state index contributed by atoms with van der Waals surface area (Å²) in [6.07, 6.45) is 4.14. The van der Waals surface area contributed by atoms with Crippen LogP contribution in [0.2, 0.25) is 0 Å². The highest BCUT2D eigenvalue weighted by molar-refractivity contribution is 4.72. The Balaban J connectivity index is 4.22. The highest BCUT2D eigenvalue weighted by atomic mass is 14.3. The third-order valence-electron chi connectivity index (χ3n) is 3.80. The van der Waals surface area contributed by atoms with Crippen LogP contribution in [0.25, 0.3) is 0 Å². The molecule has 0 aliphatic rings. The molecular formula is C15H32. The molecule has 92 valence electrons. The van der Waals surface area contributed by atoms with E-state index < -0.39 is 0 Å². The Morgan fingerprint density at radius 1 is 0.800 bits per heavy atom. The highest BCUT2D eigenvalue weighted by Gasteiger charge is 2.22. The quantitative estimate of drug-likeness (QED) is 0.531. The summed E-state index contributed by atoms with van der Waals surface area (Å²) in [5.74, 6) is 4.39. The lowest BCUT2D eigenvalue weighted by Gasteiger charge is -2.30. The van der Waals surface area contributed by atoms with Crippen molar-refractivity contribution in [2.45, 2.75) is 67.7 Å². The lowest BCUT2D eigenvalue weighted by atomic mass is 9.75. The molecule has 0 spiro atoms. The highest BCUT2D eigenvalue weighted by Crippen LogP contribution is 2.32. The minimum Gasteiger partial charge on any atom is -0.0651 e. The normalized spacial score (nSPS) is 18.2. The molecule has 0 fully saturated rings. The third-order valence-corrected chi connectivity index (χ3v) is 3.80. The van der Waals surface area contributed by atoms with Gasteiger partial charge in [0.2, 0.25) is 0 Å². The van der Waals surface area contributed by atoms with Gasteiger partial charge in [0.25, 0.3) is 0 Å². The van der Waals surface area contributed by atoms with Gasteiger partial charge in [-0.25, -0.2) is 0 Å². The fraction of sp³-hybridized carbons (Fsp3) is 1.00. The van der Waals surface area contributed by atoms with Crippen LogP contribution < -0.4 is 0 Å². The van der Waals surface area contributed by atoms with E-state index in [0.29, 0.717) is 0 Å². The summed E-state index contributed by atoms with van der Waals surface area (Å²) in [5, 5.41) is 0. The van der Waals surface area contributed by atoms with Gasteiger partial charge in [0.15, 0.2) is 0 Å². The first-order chi connectivity index (χ1) is 6.88. The molecule has 15 heavy (non-hydrogen) atoms. The average molecular weight is 212 g/mol. The second kappa shape index (κ2) is 7.30. The number of hydrogen-bond acceptors (Lipinski definition) is 0. The van der Waals surface area contributed by atoms with Crippen LogP contribution in [-0.2, 0) is 0 Å². The molecule has 0 bridgehead atoms. The molecule has 0 nitrogen and oxygen atoms in total. The second-order valence-corrected chi connectivity index (χ2v) is 6.26. The van der Waals surface area contributed by atoms with Crippen molar-refractivity contribution >= 4 is 0 Å². The zero-order chi connectivity index (χ0) is 12.0. The molecule has 0 radical (unpaired) electrons. The Morgan fingerprint density at radius 3 is 1.67 bits per heavy atom. The summed E-state index contributed by atoms with van der Waals surface area (Å²) in [5.41, 5.74) is 0. The molecule has 0 aliphatic carbocycles. The van der Waals surface area contributed by atoms with E-state index in [1.807, 2.05) is 0 Å². The van der Waals surface area contributed by atoms with Gasteiger partial charge in [-0.1, -0.05) is 54.9 Å². The second-order valence-electron chi connectivity index (χ2n) is 6.26. The Morgan fingerprint density at radius 2 is 1.33 bits per heavy atom. The van der Waals surface area contributed by atoms with Crippen molar-refractivity contribution in [3.8, 4) is 0 Å². The number of hydrogen-bond donors (Lipinski definition) is 0. The zero-order valence-electron chi connectivity index (χ0n) is 12.0. The van der Waals surface area contributed by atoms with Crippen LogP contribution in [0.5, 0.6) is 0 Å². The first-order valence-corrected chi connectivity index (χ1v) is 6.88. The molecule has 0 heteroatoms. The van der Waals surface area contributed by atoms with Crippen molar-refractivity contribution < 1.29 is 0 Å². The molecule has 0 aromatic carbocycles. The van der Waals surface area contributed by atoms with Gasteiger partial charge in [0.05, 0.1) is 0 Å². The molecule has 3 unspecified atom stereocenters. The van der Waals surface area contributed by atoms with Crippen molar-refractivity contribution in [2.75, 3.05) is 0 Å². The maximum atomic E-state index is 2.46. The largest absolute Gasteiger partial charge is 0.0651 e. The van der Waals surface area contributed by atoms with Gasteiger partial charge in [0.1, 0.15) is 0 Å². The standard InChI is InChI=1S/C15H32/c1-8-13(6)10-14(7)15(12(4)5)9-11(2)3/h11-15H,8-10H2,1-7H3. The smallest absolute Gasteiger partial charge is 0.0363 e. The van der Waals surface area contributed by atoms with Gasteiger partial charge in [-0.2, -0.15) is 0 Å². The van der Waals surface area contributed by atoms with E-state index in [1.54, 1.807) is 0 Å². The summed E-state index contributed by atoms with van der Waals surface area (Å²) >= 11 is 0. The molecule has 0 N–H and O–H groups in total.